The minimum Gasteiger partial charge on any atom is -0.0664 e. The number of fused-ring (bicyclic) bond motifs is 10. The van der Waals surface area contributed by atoms with E-state index < -0.39 is 0 Å². The van der Waals surface area contributed by atoms with Crippen molar-refractivity contribution in [3.05, 3.63) is 11.1 Å². The highest BCUT2D eigenvalue weighted by atomic mass is 14.7. The highest BCUT2D eigenvalue weighted by Crippen LogP contribution is 2.70. The largest absolute Gasteiger partial charge is 0.0664 e. The van der Waals surface area contributed by atoms with Crippen molar-refractivity contribution in [2.45, 2.75) is 64.2 Å². The molecule has 6 aliphatic carbocycles. The van der Waals surface area contributed by atoms with Crippen LogP contribution >= 0.6 is 0 Å². The summed E-state index contributed by atoms with van der Waals surface area (Å²) in [6.45, 7) is 0. The Bertz CT molecular complexity index is 442. The number of allylic oxidation sites excluding steroid dienone is 2. The van der Waals surface area contributed by atoms with E-state index in [-0.39, 0.29) is 0 Å². The van der Waals surface area contributed by atoms with E-state index in [9.17, 15) is 0 Å². The van der Waals surface area contributed by atoms with Gasteiger partial charge in [-0.05, 0) is 98.7 Å². The summed E-state index contributed by atoms with van der Waals surface area (Å²) in [5, 5.41) is 0. The van der Waals surface area contributed by atoms with Crippen LogP contribution in [0.1, 0.15) is 64.2 Å². The highest BCUT2D eigenvalue weighted by molar-refractivity contribution is 5.43. The van der Waals surface area contributed by atoms with Crippen molar-refractivity contribution in [3.63, 3.8) is 0 Å². The maximum absolute atomic E-state index is 2.00. The lowest BCUT2D eigenvalue weighted by Crippen LogP contribution is -2.58. The first-order valence-corrected chi connectivity index (χ1v) is 9.65. The van der Waals surface area contributed by atoms with Crippen LogP contribution in [0, 0.1) is 47.3 Å². The maximum atomic E-state index is 2.00. The van der Waals surface area contributed by atoms with Crippen molar-refractivity contribution in [3.8, 4) is 0 Å². The van der Waals surface area contributed by atoms with E-state index in [0.717, 1.165) is 23.7 Å². The zero-order valence-electron chi connectivity index (χ0n) is 12.7. The third-order valence-corrected chi connectivity index (χ3v) is 8.93. The standard InChI is InChI=1S/C20H28/c1-2-4-12-11(3-1)13-5-7-15(13)19-17-9-10-18(17)20(19)16-8-6-14(12)16/h11-16,19-20H,1-10H2. The zero-order valence-corrected chi connectivity index (χ0v) is 12.7. The van der Waals surface area contributed by atoms with E-state index in [1.165, 1.54) is 36.5 Å². The Morgan fingerprint density at radius 1 is 0.450 bits per heavy atom. The van der Waals surface area contributed by atoms with Gasteiger partial charge < -0.3 is 0 Å². The van der Waals surface area contributed by atoms with E-state index in [2.05, 4.69) is 0 Å². The molecular formula is C20H28. The lowest BCUT2D eigenvalue weighted by molar-refractivity contribution is -0.112. The third-order valence-electron chi connectivity index (χ3n) is 8.93. The van der Waals surface area contributed by atoms with Crippen LogP contribution in [0.25, 0.3) is 0 Å². The van der Waals surface area contributed by atoms with Gasteiger partial charge in [-0.3, -0.25) is 0 Å². The maximum Gasteiger partial charge on any atom is -0.0101 e. The van der Waals surface area contributed by atoms with Crippen molar-refractivity contribution >= 4 is 0 Å². The van der Waals surface area contributed by atoms with Crippen molar-refractivity contribution in [1.82, 2.24) is 0 Å². The molecule has 0 radical (unpaired) electrons. The van der Waals surface area contributed by atoms with Crippen LogP contribution in [0.3, 0.4) is 0 Å². The Labute approximate surface area is 123 Å². The van der Waals surface area contributed by atoms with Gasteiger partial charge >= 0.3 is 0 Å². The van der Waals surface area contributed by atoms with Crippen LogP contribution in [-0.2, 0) is 0 Å². The van der Waals surface area contributed by atoms with E-state index in [1.807, 2.05) is 11.1 Å². The second-order valence-corrected chi connectivity index (χ2v) is 9.02. The van der Waals surface area contributed by atoms with Gasteiger partial charge in [-0.25, -0.2) is 0 Å². The average molecular weight is 268 g/mol. The van der Waals surface area contributed by atoms with Gasteiger partial charge in [0.2, 0.25) is 0 Å². The average Bonchev–Trinajstić information content (AvgIpc) is 2.35. The van der Waals surface area contributed by atoms with Crippen LogP contribution in [-0.4, -0.2) is 0 Å². The summed E-state index contributed by atoms with van der Waals surface area (Å²) in [5.41, 5.74) is 4.01. The summed E-state index contributed by atoms with van der Waals surface area (Å²) in [5.74, 6) is 9.23. The van der Waals surface area contributed by atoms with Gasteiger partial charge in [-0.1, -0.05) is 24.0 Å². The fourth-order valence-corrected chi connectivity index (χ4v) is 7.87. The van der Waals surface area contributed by atoms with Gasteiger partial charge in [0.1, 0.15) is 0 Å². The summed E-state index contributed by atoms with van der Waals surface area (Å²) in [6, 6.07) is 0. The molecule has 4 fully saturated rings. The number of rotatable bonds is 0. The molecule has 0 heteroatoms. The monoisotopic (exact) mass is 268 g/mol. The molecule has 0 aromatic heterocycles. The first-order valence-electron chi connectivity index (χ1n) is 9.65. The van der Waals surface area contributed by atoms with Crippen LogP contribution in [0.5, 0.6) is 0 Å². The Kier molecular flexibility index (Phi) is 2.11. The molecule has 20 heavy (non-hydrogen) atoms. The molecule has 0 heterocycles. The predicted molar refractivity (Wildman–Crippen MR) is 81.1 cm³/mol. The van der Waals surface area contributed by atoms with Crippen molar-refractivity contribution in [2.24, 2.45) is 47.3 Å². The molecular weight excluding hydrogens is 240 g/mol. The minimum atomic E-state index is 1.12. The smallest absolute Gasteiger partial charge is 0.0101 e. The number of hydrogen-bond acceptors (Lipinski definition) is 0. The SMILES string of the molecule is C1CCC2C(C1)C1CCC1C1C3=C(CC3)C1C1CCC21. The quantitative estimate of drug-likeness (QED) is 0.418. The molecule has 6 rings (SSSR count). The minimum absolute atomic E-state index is 1.12. The summed E-state index contributed by atoms with van der Waals surface area (Å²) in [4.78, 5) is 0. The molecule has 4 saturated carbocycles. The topological polar surface area (TPSA) is 0 Å². The lowest BCUT2D eigenvalue weighted by atomic mass is 9.38. The first-order chi connectivity index (χ1) is 9.93. The Balaban J connectivity index is 1.43. The van der Waals surface area contributed by atoms with Crippen molar-refractivity contribution in [1.29, 1.82) is 0 Å². The van der Waals surface area contributed by atoms with Crippen LogP contribution < -0.4 is 0 Å². The van der Waals surface area contributed by atoms with E-state index in [4.69, 9.17) is 0 Å². The van der Waals surface area contributed by atoms with Gasteiger partial charge in [0.05, 0.1) is 0 Å². The van der Waals surface area contributed by atoms with Gasteiger partial charge in [0.15, 0.2) is 0 Å². The molecule has 0 N–H and O–H groups in total. The summed E-state index contributed by atoms with van der Waals surface area (Å²) < 4.78 is 0. The van der Waals surface area contributed by atoms with E-state index in [0.29, 0.717) is 0 Å². The lowest BCUT2D eigenvalue weighted by Gasteiger charge is -2.67. The normalized spacial score (nSPS) is 58.8. The Hall–Kier alpha value is -0.260. The van der Waals surface area contributed by atoms with Crippen molar-refractivity contribution < 1.29 is 0 Å². The fourth-order valence-electron chi connectivity index (χ4n) is 7.87. The summed E-state index contributed by atoms with van der Waals surface area (Å²) >= 11 is 0. The fraction of sp³-hybridized carbons (Fsp3) is 0.900. The molecule has 0 saturated heterocycles. The summed E-state index contributed by atoms with van der Waals surface area (Å²) in [7, 11) is 0. The first kappa shape index (κ1) is 11.3. The molecule has 0 spiro atoms. The van der Waals surface area contributed by atoms with E-state index >= 15 is 0 Å². The van der Waals surface area contributed by atoms with Crippen molar-refractivity contribution in [2.75, 3.05) is 0 Å². The van der Waals surface area contributed by atoms with Gasteiger partial charge in [-0.2, -0.15) is 0 Å². The van der Waals surface area contributed by atoms with Crippen LogP contribution in [0.4, 0.5) is 0 Å². The van der Waals surface area contributed by atoms with Gasteiger partial charge in [-0.15, -0.1) is 0 Å². The van der Waals surface area contributed by atoms with E-state index in [1.54, 1.807) is 51.4 Å². The Morgan fingerprint density at radius 2 is 0.850 bits per heavy atom. The summed E-state index contributed by atoms with van der Waals surface area (Å²) in [6.07, 6.45) is 15.8. The zero-order chi connectivity index (χ0) is 12.8. The second kappa shape index (κ2) is 3.73. The van der Waals surface area contributed by atoms with Crippen LogP contribution in [0.15, 0.2) is 11.1 Å². The van der Waals surface area contributed by atoms with Gasteiger partial charge in [0, 0.05) is 0 Å². The molecule has 8 unspecified atom stereocenters. The molecule has 108 valence electrons. The highest BCUT2D eigenvalue weighted by Gasteiger charge is 2.61. The Morgan fingerprint density at radius 3 is 1.20 bits per heavy atom. The molecule has 0 aromatic rings. The molecule has 0 bridgehead atoms. The molecule has 6 aliphatic rings. The third kappa shape index (κ3) is 1.15. The van der Waals surface area contributed by atoms with Crippen LogP contribution in [0.2, 0.25) is 0 Å². The molecule has 0 amide bonds. The molecule has 0 aromatic carbocycles. The molecule has 8 atom stereocenters. The number of hydrogen-bond donors (Lipinski definition) is 0. The molecule has 0 aliphatic heterocycles. The molecule has 0 nitrogen and oxygen atoms in total. The van der Waals surface area contributed by atoms with Gasteiger partial charge in [0.25, 0.3) is 0 Å². The predicted octanol–water partition coefficient (Wildman–Crippen LogP) is 5.20. The second-order valence-electron chi connectivity index (χ2n) is 9.02.